The Morgan fingerprint density at radius 2 is 1.83 bits per heavy atom. The Morgan fingerprint density at radius 3 is 2.17 bits per heavy atom. The van der Waals surface area contributed by atoms with Crippen LogP contribution in [-0.4, -0.2) is 29.1 Å². The second kappa shape index (κ2) is 3.03. The predicted octanol–water partition coefficient (Wildman–Crippen LogP) is 1.00. The Hall–Kier alpha value is -0.610. The van der Waals surface area contributed by atoms with E-state index in [1.165, 1.54) is 0 Å². The Bertz CT molecular complexity index is 179. The molecule has 4 nitrogen and oxygen atoms in total. The molecule has 0 bridgehead atoms. The highest BCUT2D eigenvalue weighted by Crippen LogP contribution is 2.30. The van der Waals surface area contributed by atoms with Gasteiger partial charge >= 0.3 is 5.97 Å². The summed E-state index contributed by atoms with van der Waals surface area (Å²) in [4.78, 5) is 10.4. The molecule has 0 radical (unpaired) electrons. The van der Waals surface area contributed by atoms with Crippen molar-refractivity contribution in [3.05, 3.63) is 0 Å². The van der Waals surface area contributed by atoms with E-state index in [2.05, 4.69) is 0 Å². The first-order valence-electron chi connectivity index (χ1n) is 4.00. The van der Waals surface area contributed by atoms with E-state index >= 15 is 0 Å². The molecule has 0 aromatic heterocycles. The molecular formula is C8H14O4. The van der Waals surface area contributed by atoms with Crippen LogP contribution in [0.1, 0.15) is 27.2 Å². The second-order valence-electron chi connectivity index (χ2n) is 3.35. The van der Waals surface area contributed by atoms with E-state index in [1.54, 1.807) is 6.92 Å². The molecule has 1 saturated heterocycles. The summed E-state index contributed by atoms with van der Waals surface area (Å²) in [6.45, 7) is 5.40. The van der Waals surface area contributed by atoms with E-state index in [4.69, 9.17) is 14.6 Å². The topological polar surface area (TPSA) is 55.8 Å². The third-order valence-electron chi connectivity index (χ3n) is 2.00. The molecule has 1 heterocycles. The fraction of sp³-hybridized carbons (Fsp3) is 0.875. The molecule has 2 unspecified atom stereocenters. The van der Waals surface area contributed by atoms with Gasteiger partial charge in [0.25, 0.3) is 0 Å². The first kappa shape index (κ1) is 9.48. The van der Waals surface area contributed by atoms with E-state index in [1.807, 2.05) is 13.8 Å². The number of carbonyl (C=O) groups is 1. The molecule has 1 rings (SSSR count). The van der Waals surface area contributed by atoms with Crippen molar-refractivity contribution in [2.45, 2.75) is 45.2 Å². The maximum atomic E-state index is 10.4. The van der Waals surface area contributed by atoms with E-state index in [0.717, 1.165) is 0 Å². The highest BCUT2D eigenvalue weighted by Gasteiger charge is 2.41. The standard InChI is InChI=1S/C8H14O4/c1-5-6(2)12-8(3,11-5)4-7(9)10/h5-6H,4H2,1-3H3,(H,9,10). The summed E-state index contributed by atoms with van der Waals surface area (Å²) in [6, 6.07) is 0. The second-order valence-corrected chi connectivity index (χ2v) is 3.35. The van der Waals surface area contributed by atoms with Gasteiger partial charge in [-0.05, 0) is 20.8 Å². The molecule has 0 aromatic rings. The van der Waals surface area contributed by atoms with Gasteiger partial charge in [-0.15, -0.1) is 0 Å². The van der Waals surface area contributed by atoms with Crippen LogP contribution in [0.25, 0.3) is 0 Å². The van der Waals surface area contributed by atoms with Gasteiger partial charge in [0.05, 0.1) is 18.6 Å². The normalized spacial score (nSPS) is 41.6. The molecule has 0 aliphatic carbocycles. The number of carboxylic acids is 1. The number of hydrogen-bond acceptors (Lipinski definition) is 3. The van der Waals surface area contributed by atoms with E-state index in [0.29, 0.717) is 0 Å². The summed E-state index contributed by atoms with van der Waals surface area (Å²) in [5.41, 5.74) is 0. The van der Waals surface area contributed by atoms with E-state index < -0.39 is 11.8 Å². The fourth-order valence-electron chi connectivity index (χ4n) is 1.36. The smallest absolute Gasteiger partial charge is 0.308 e. The van der Waals surface area contributed by atoms with Gasteiger partial charge in [0, 0.05) is 0 Å². The maximum Gasteiger partial charge on any atom is 0.308 e. The van der Waals surface area contributed by atoms with E-state index in [-0.39, 0.29) is 18.6 Å². The summed E-state index contributed by atoms with van der Waals surface area (Å²) in [6.07, 6.45) is -0.175. The Labute approximate surface area is 71.5 Å². The SMILES string of the molecule is CC1OC(C)(CC(=O)O)OC1C. The molecule has 0 amide bonds. The van der Waals surface area contributed by atoms with Crippen molar-refractivity contribution in [1.82, 2.24) is 0 Å². The molecular weight excluding hydrogens is 160 g/mol. The van der Waals surface area contributed by atoms with E-state index in [9.17, 15) is 4.79 Å². The third kappa shape index (κ3) is 1.95. The summed E-state index contributed by atoms with van der Waals surface area (Å²) in [5, 5.41) is 8.55. The van der Waals surface area contributed by atoms with Crippen molar-refractivity contribution in [3.63, 3.8) is 0 Å². The minimum Gasteiger partial charge on any atom is -0.481 e. The van der Waals surface area contributed by atoms with Gasteiger partial charge in [0.2, 0.25) is 0 Å². The first-order chi connectivity index (χ1) is 5.43. The van der Waals surface area contributed by atoms with Gasteiger partial charge in [-0.3, -0.25) is 4.79 Å². The van der Waals surface area contributed by atoms with Crippen molar-refractivity contribution in [2.75, 3.05) is 0 Å². The quantitative estimate of drug-likeness (QED) is 0.678. The van der Waals surface area contributed by atoms with Gasteiger partial charge in [0.1, 0.15) is 0 Å². The highest BCUT2D eigenvalue weighted by atomic mass is 16.8. The largest absolute Gasteiger partial charge is 0.481 e. The zero-order chi connectivity index (χ0) is 9.35. The van der Waals surface area contributed by atoms with Crippen LogP contribution in [0.15, 0.2) is 0 Å². The van der Waals surface area contributed by atoms with Crippen molar-refractivity contribution < 1.29 is 19.4 Å². The van der Waals surface area contributed by atoms with Gasteiger partial charge in [-0.1, -0.05) is 0 Å². The third-order valence-corrected chi connectivity index (χ3v) is 2.00. The van der Waals surface area contributed by atoms with Gasteiger partial charge in [-0.25, -0.2) is 0 Å². The lowest BCUT2D eigenvalue weighted by atomic mass is 10.2. The minimum absolute atomic E-state index is 0.0330. The summed E-state index contributed by atoms with van der Waals surface area (Å²) >= 11 is 0. The van der Waals surface area contributed by atoms with Crippen molar-refractivity contribution in [1.29, 1.82) is 0 Å². The van der Waals surface area contributed by atoms with Crippen LogP contribution < -0.4 is 0 Å². The molecule has 1 fully saturated rings. The fourth-order valence-corrected chi connectivity index (χ4v) is 1.36. The molecule has 4 heteroatoms. The van der Waals surface area contributed by atoms with Gasteiger partial charge in [-0.2, -0.15) is 0 Å². The van der Waals surface area contributed by atoms with Crippen LogP contribution in [0, 0.1) is 0 Å². The lowest BCUT2D eigenvalue weighted by Crippen LogP contribution is -2.29. The summed E-state index contributed by atoms with van der Waals surface area (Å²) < 4.78 is 10.7. The zero-order valence-electron chi connectivity index (χ0n) is 7.53. The molecule has 12 heavy (non-hydrogen) atoms. The zero-order valence-corrected chi connectivity index (χ0v) is 7.53. The molecule has 2 atom stereocenters. The molecule has 1 aliphatic heterocycles. The van der Waals surface area contributed by atoms with Crippen LogP contribution in [0.5, 0.6) is 0 Å². The number of ether oxygens (including phenoxy) is 2. The van der Waals surface area contributed by atoms with Gasteiger partial charge in [0.15, 0.2) is 5.79 Å². The Balaban J connectivity index is 2.57. The van der Waals surface area contributed by atoms with Crippen LogP contribution in [0.3, 0.4) is 0 Å². The predicted molar refractivity (Wildman–Crippen MR) is 41.8 cm³/mol. The Morgan fingerprint density at radius 1 is 1.42 bits per heavy atom. The lowest BCUT2D eigenvalue weighted by Gasteiger charge is -2.20. The van der Waals surface area contributed by atoms with Gasteiger partial charge < -0.3 is 14.6 Å². The Kier molecular flexibility index (Phi) is 2.39. The van der Waals surface area contributed by atoms with Crippen LogP contribution >= 0.6 is 0 Å². The molecule has 1 N–H and O–H groups in total. The number of hydrogen-bond donors (Lipinski definition) is 1. The average molecular weight is 174 g/mol. The number of rotatable bonds is 2. The summed E-state index contributed by atoms with van der Waals surface area (Å²) in [5.74, 6) is -1.84. The molecule has 1 aliphatic rings. The molecule has 0 saturated carbocycles. The van der Waals surface area contributed by atoms with Crippen LogP contribution in [0.2, 0.25) is 0 Å². The molecule has 0 spiro atoms. The highest BCUT2D eigenvalue weighted by molar-refractivity contribution is 5.67. The van der Waals surface area contributed by atoms with Crippen LogP contribution in [-0.2, 0) is 14.3 Å². The lowest BCUT2D eigenvalue weighted by molar-refractivity contribution is -0.179. The molecule has 0 aromatic carbocycles. The van der Waals surface area contributed by atoms with Crippen molar-refractivity contribution >= 4 is 5.97 Å². The average Bonchev–Trinajstić information content (AvgIpc) is 2.04. The monoisotopic (exact) mass is 174 g/mol. The maximum absolute atomic E-state index is 10.4. The first-order valence-corrected chi connectivity index (χ1v) is 4.00. The number of aliphatic carboxylic acids is 1. The minimum atomic E-state index is -0.940. The number of carboxylic acid groups (broad SMARTS) is 1. The van der Waals surface area contributed by atoms with Crippen molar-refractivity contribution in [3.8, 4) is 0 Å². The van der Waals surface area contributed by atoms with Crippen molar-refractivity contribution in [2.24, 2.45) is 0 Å². The molecule has 70 valence electrons. The van der Waals surface area contributed by atoms with Crippen LogP contribution in [0.4, 0.5) is 0 Å². The summed E-state index contributed by atoms with van der Waals surface area (Å²) in [7, 11) is 0.